The van der Waals surface area contributed by atoms with Crippen LogP contribution in [0.1, 0.15) is 22.9 Å². The zero-order chi connectivity index (χ0) is 24.6. The van der Waals surface area contributed by atoms with Gasteiger partial charge in [-0.15, -0.1) is 11.6 Å². The van der Waals surface area contributed by atoms with Crippen LogP contribution in [0.15, 0.2) is 90.6 Å². The molecule has 1 amide bonds. The highest BCUT2D eigenvalue weighted by Crippen LogP contribution is 2.42. The molecule has 9 heteroatoms. The molecule has 0 spiro atoms. The lowest BCUT2D eigenvalue weighted by Crippen LogP contribution is -2.69. The third-order valence-electron chi connectivity index (χ3n) is 6.03. The Bertz CT molecular complexity index is 1360. The number of pyridine rings is 1. The minimum atomic E-state index is -3.97. The van der Waals surface area contributed by atoms with Gasteiger partial charge in [-0.25, -0.2) is 8.42 Å². The fourth-order valence-corrected chi connectivity index (χ4v) is 7.16. The van der Waals surface area contributed by atoms with Gasteiger partial charge in [-0.1, -0.05) is 66.7 Å². The molecule has 3 aromatic rings. The number of hydrogen-bond donors (Lipinski definition) is 0. The number of carbonyl (C=O) groups is 2. The molecule has 0 N–H and O–H groups in total. The number of amides is 1. The summed E-state index contributed by atoms with van der Waals surface area (Å²) in [6.07, 6.45) is 2.23. The van der Waals surface area contributed by atoms with E-state index in [-0.39, 0.29) is 12.1 Å². The van der Waals surface area contributed by atoms with E-state index in [2.05, 4.69) is 4.98 Å². The van der Waals surface area contributed by atoms with E-state index >= 15 is 0 Å². The number of halogens is 1. The molecule has 7 nitrogen and oxygen atoms in total. The van der Waals surface area contributed by atoms with E-state index in [1.54, 1.807) is 24.4 Å². The summed E-state index contributed by atoms with van der Waals surface area (Å²) < 4.78 is 32.2. The minimum Gasteiger partial charge on any atom is -0.451 e. The second-order valence-electron chi connectivity index (χ2n) is 8.52. The van der Waals surface area contributed by atoms with Gasteiger partial charge < -0.3 is 9.64 Å². The molecule has 0 saturated carbocycles. The molecule has 0 aliphatic carbocycles. The van der Waals surface area contributed by atoms with Crippen molar-refractivity contribution in [3.05, 3.63) is 107 Å². The SMILES string of the molecule is O=C1C(=Cc2ccccn2)[C@@H]2N1CC(Cl)(C(=O)OC(c1ccccc1)c1ccccc1)CS2(=O)=O. The van der Waals surface area contributed by atoms with Crippen LogP contribution in [0.2, 0.25) is 0 Å². The van der Waals surface area contributed by atoms with Gasteiger partial charge in [0.1, 0.15) is 0 Å². The smallest absolute Gasteiger partial charge is 0.331 e. The molecule has 1 unspecified atom stereocenters. The number of esters is 1. The number of sulfone groups is 1. The van der Waals surface area contributed by atoms with Crippen LogP contribution in [-0.4, -0.2) is 52.7 Å². The van der Waals surface area contributed by atoms with Crippen LogP contribution in [0, 0.1) is 0 Å². The maximum atomic E-state index is 13.3. The molecule has 178 valence electrons. The Morgan fingerprint density at radius 2 is 1.63 bits per heavy atom. The van der Waals surface area contributed by atoms with Gasteiger partial charge in [0.05, 0.1) is 23.6 Å². The molecule has 2 atom stereocenters. The maximum Gasteiger partial charge on any atom is 0.331 e. The minimum absolute atomic E-state index is 0.113. The molecule has 3 heterocycles. The van der Waals surface area contributed by atoms with Gasteiger partial charge in [0.25, 0.3) is 5.91 Å². The first-order chi connectivity index (χ1) is 16.8. The molecule has 35 heavy (non-hydrogen) atoms. The fraction of sp³-hybridized carbons (Fsp3) is 0.192. The van der Waals surface area contributed by atoms with Gasteiger partial charge >= 0.3 is 5.97 Å². The van der Waals surface area contributed by atoms with Gasteiger partial charge in [-0.2, -0.15) is 0 Å². The van der Waals surface area contributed by atoms with Crippen molar-refractivity contribution in [2.24, 2.45) is 0 Å². The molecule has 2 fully saturated rings. The number of fused-ring (bicyclic) bond motifs is 1. The van der Waals surface area contributed by atoms with Crippen molar-refractivity contribution in [3.63, 3.8) is 0 Å². The molecule has 2 aromatic carbocycles. The van der Waals surface area contributed by atoms with Gasteiger partial charge in [0, 0.05) is 6.20 Å². The average molecular weight is 509 g/mol. The maximum absolute atomic E-state index is 13.3. The van der Waals surface area contributed by atoms with E-state index in [0.717, 1.165) is 4.90 Å². The quantitative estimate of drug-likeness (QED) is 0.227. The van der Waals surface area contributed by atoms with Gasteiger partial charge in [-0.3, -0.25) is 14.6 Å². The predicted octanol–water partition coefficient (Wildman–Crippen LogP) is 3.37. The van der Waals surface area contributed by atoms with Crippen LogP contribution in [0.5, 0.6) is 0 Å². The number of rotatable bonds is 5. The lowest BCUT2D eigenvalue weighted by atomic mass is 9.99. The Kier molecular flexibility index (Phi) is 5.94. The summed E-state index contributed by atoms with van der Waals surface area (Å²) in [5, 5.41) is -1.16. The third-order valence-corrected chi connectivity index (χ3v) is 8.68. The largest absolute Gasteiger partial charge is 0.451 e. The summed E-state index contributed by atoms with van der Waals surface area (Å²) in [7, 11) is -3.97. The highest BCUT2D eigenvalue weighted by molar-refractivity contribution is 7.92. The zero-order valence-electron chi connectivity index (χ0n) is 18.5. The van der Waals surface area contributed by atoms with Crippen molar-refractivity contribution in [1.29, 1.82) is 0 Å². The molecular weight excluding hydrogens is 488 g/mol. The van der Waals surface area contributed by atoms with Crippen LogP contribution < -0.4 is 0 Å². The van der Waals surface area contributed by atoms with Crippen molar-refractivity contribution in [3.8, 4) is 0 Å². The molecule has 2 saturated heterocycles. The summed E-state index contributed by atoms with van der Waals surface area (Å²) in [6, 6.07) is 23.4. The molecule has 2 aliphatic rings. The lowest BCUT2D eigenvalue weighted by molar-refractivity contribution is -0.152. The van der Waals surface area contributed by atoms with Crippen molar-refractivity contribution in [1.82, 2.24) is 9.88 Å². The number of ether oxygens (including phenoxy) is 1. The van der Waals surface area contributed by atoms with E-state index in [4.69, 9.17) is 16.3 Å². The molecule has 0 bridgehead atoms. The number of alkyl halides is 1. The van der Waals surface area contributed by atoms with Crippen molar-refractivity contribution < 1.29 is 22.7 Å². The summed E-state index contributed by atoms with van der Waals surface area (Å²) in [5.41, 5.74) is 2.01. The van der Waals surface area contributed by atoms with E-state index in [1.165, 1.54) is 6.08 Å². The Labute approximate surface area is 207 Å². The number of β-lactam (4-membered cyclic amide) rings is 1. The third kappa shape index (κ3) is 4.35. The second kappa shape index (κ2) is 8.94. The fourth-order valence-electron chi connectivity index (χ4n) is 4.41. The van der Waals surface area contributed by atoms with Crippen molar-refractivity contribution in [2.45, 2.75) is 16.4 Å². The number of carbonyl (C=O) groups excluding carboxylic acids is 2. The Hall–Kier alpha value is -3.49. The number of hydrogen-bond acceptors (Lipinski definition) is 6. The van der Waals surface area contributed by atoms with Crippen molar-refractivity contribution >= 4 is 39.4 Å². The Morgan fingerprint density at radius 3 is 2.20 bits per heavy atom. The van der Waals surface area contributed by atoms with E-state index in [1.807, 2.05) is 60.7 Å². The Balaban J connectivity index is 1.42. The average Bonchev–Trinajstić information content (AvgIpc) is 2.87. The topological polar surface area (TPSA) is 93.6 Å². The summed E-state index contributed by atoms with van der Waals surface area (Å²) in [6.45, 7) is -0.272. The highest BCUT2D eigenvalue weighted by Gasteiger charge is 2.61. The normalized spacial score (nSPS) is 24.1. The molecular formula is C26H21ClN2O5S. The van der Waals surface area contributed by atoms with E-state index < -0.39 is 43.8 Å². The summed E-state index contributed by atoms with van der Waals surface area (Å²) in [4.78, 5) is 29.5. The molecule has 2 aliphatic heterocycles. The van der Waals surface area contributed by atoms with E-state index in [9.17, 15) is 18.0 Å². The summed E-state index contributed by atoms with van der Waals surface area (Å²) in [5.74, 6) is -2.04. The van der Waals surface area contributed by atoms with Gasteiger partial charge in [0.2, 0.25) is 0 Å². The zero-order valence-corrected chi connectivity index (χ0v) is 20.0. The van der Waals surface area contributed by atoms with Crippen LogP contribution in [0.3, 0.4) is 0 Å². The number of nitrogens with zero attached hydrogens (tertiary/aromatic N) is 2. The first-order valence-electron chi connectivity index (χ1n) is 10.9. The molecule has 1 aromatic heterocycles. The summed E-state index contributed by atoms with van der Waals surface area (Å²) >= 11 is 6.62. The van der Waals surface area contributed by atoms with Gasteiger partial charge in [0.15, 0.2) is 26.2 Å². The van der Waals surface area contributed by atoms with Crippen LogP contribution in [0.25, 0.3) is 6.08 Å². The first kappa shape index (κ1) is 23.3. The van der Waals surface area contributed by atoms with Crippen LogP contribution in [0.4, 0.5) is 0 Å². The monoisotopic (exact) mass is 508 g/mol. The Morgan fingerprint density at radius 1 is 1.03 bits per heavy atom. The highest BCUT2D eigenvalue weighted by atomic mass is 35.5. The lowest BCUT2D eigenvalue weighted by Gasteiger charge is -2.49. The first-order valence-corrected chi connectivity index (χ1v) is 13.0. The van der Waals surface area contributed by atoms with Crippen molar-refractivity contribution in [2.75, 3.05) is 12.3 Å². The molecule has 5 rings (SSSR count). The van der Waals surface area contributed by atoms with Crippen LogP contribution >= 0.6 is 11.6 Å². The predicted molar refractivity (Wildman–Crippen MR) is 131 cm³/mol. The molecule has 0 radical (unpaired) electrons. The van der Waals surface area contributed by atoms with Gasteiger partial charge in [-0.05, 0) is 29.3 Å². The number of benzene rings is 2. The second-order valence-corrected chi connectivity index (χ2v) is 11.3. The standard InChI is InChI=1S/C26H21ClN2O5S/c27-26(25(31)34-22(18-9-3-1-4-10-18)19-11-5-2-6-12-19)16-29-23(30)21(24(29)35(32,33)17-26)15-20-13-7-8-14-28-20/h1-15,22,24H,16-17H2/t24-,26?/m1/s1. The van der Waals surface area contributed by atoms with Crippen LogP contribution in [-0.2, 0) is 24.2 Å². The van der Waals surface area contributed by atoms with E-state index in [0.29, 0.717) is 16.8 Å². The number of aromatic nitrogens is 1.